The van der Waals surface area contributed by atoms with Crippen LogP contribution in [-0.2, 0) is 0 Å². The smallest absolute Gasteiger partial charge is 0.336 e. The third-order valence-corrected chi connectivity index (χ3v) is 2.60. The highest BCUT2D eigenvalue weighted by molar-refractivity contribution is 5.90. The van der Waals surface area contributed by atoms with Crippen molar-refractivity contribution in [3.8, 4) is 6.07 Å². The summed E-state index contributed by atoms with van der Waals surface area (Å²) in [7, 11) is 0. The standard InChI is InChI=1S/C14H11N3O2/c1-9-5-6-10(7-12(9)14(18)19)16-13-4-2-3-11(8-15)17-13/h2-7H,1H3,(H,16,17)(H,18,19). The molecule has 2 aromatic rings. The monoisotopic (exact) mass is 253 g/mol. The van der Waals surface area contributed by atoms with Crippen molar-refractivity contribution in [2.24, 2.45) is 0 Å². The molecule has 0 fully saturated rings. The van der Waals surface area contributed by atoms with Gasteiger partial charge < -0.3 is 10.4 Å². The second-order valence-corrected chi connectivity index (χ2v) is 3.98. The van der Waals surface area contributed by atoms with Crippen molar-refractivity contribution in [1.29, 1.82) is 5.26 Å². The fourth-order valence-electron chi connectivity index (χ4n) is 1.64. The van der Waals surface area contributed by atoms with E-state index >= 15 is 0 Å². The molecule has 2 rings (SSSR count). The van der Waals surface area contributed by atoms with Gasteiger partial charge >= 0.3 is 5.97 Å². The highest BCUT2D eigenvalue weighted by atomic mass is 16.4. The molecule has 0 unspecified atom stereocenters. The molecule has 0 bridgehead atoms. The molecule has 0 saturated carbocycles. The Labute approximate surface area is 110 Å². The molecule has 0 aliphatic heterocycles. The van der Waals surface area contributed by atoms with Crippen LogP contribution in [0, 0.1) is 18.3 Å². The van der Waals surface area contributed by atoms with E-state index in [4.69, 9.17) is 10.4 Å². The van der Waals surface area contributed by atoms with E-state index in [2.05, 4.69) is 10.3 Å². The van der Waals surface area contributed by atoms with E-state index in [0.717, 1.165) is 0 Å². The second-order valence-electron chi connectivity index (χ2n) is 3.98. The van der Waals surface area contributed by atoms with Crippen LogP contribution in [0.1, 0.15) is 21.6 Å². The van der Waals surface area contributed by atoms with Gasteiger partial charge in [0.25, 0.3) is 0 Å². The van der Waals surface area contributed by atoms with Crippen LogP contribution in [0.2, 0.25) is 0 Å². The van der Waals surface area contributed by atoms with Crippen molar-refractivity contribution in [2.45, 2.75) is 6.92 Å². The average molecular weight is 253 g/mol. The lowest BCUT2D eigenvalue weighted by atomic mass is 10.1. The zero-order chi connectivity index (χ0) is 13.8. The van der Waals surface area contributed by atoms with Crippen LogP contribution in [0.15, 0.2) is 36.4 Å². The Balaban J connectivity index is 2.31. The predicted molar refractivity (Wildman–Crippen MR) is 70.4 cm³/mol. The first-order valence-corrected chi connectivity index (χ1v) is 5.58. The molecule has 0 radical (unpaired) electrons. The highest BCUT2D eigenvalue weighted by Crippen LogP contribution is 2.19. The second kappa shape index (κ2) is 5.19. The number of hydrogen-bond donors (Lipinski definition) is 2. The molecule has 2 N–H and O–H groups in total. The molecular formula is C14H11N3O2. The number of carbonyl (C=O) groups is 1. The van der Waals surface area contributed by atoms with Crippen molar-refractivity contribution < 1.29 is 9.90 Å². The minimum Gasteiger partial charge on any atom is -0.478 e. The van der Waals surface area contributed by atoms with Crippen molar-refractivity contribution in [3.05, 3.63) is 53.2 Å². The molecular weight excluding hydrogens is 242 g/mol. The van der Waals surface area contributed by atoms with E-state index in [1.165, 1.54) is 0 Å². The lowest BCUT2D eigenvalue weighted by Crippen LogP contribution is -2.02. The number of benzene rings is 1. The molecule has 0 spiro atoms. The number of aryl methyl sites for hydroxylation is 1. The van der Waals surface area contributed by atoms with Crippen LogP contribution < -0.4 is 5.32 Å². The maximum atomic E-state index is 11.0. The van der Waals surface area contributed by atoms with Gasteiger partial charge in [0.1, 0.15) is 17.6 Å². The third-order valence-electron chi connectivity index (χ3n) is 2.60. The quantitative estimate of drug-likeness (QED) is 0.878. The van der Waals surface area contributed by atoms with Crippen LogP contribution in [0.25, 0.3) is 0 Å². The molecule has 19 heavy (non-hydrogen) atoms. The zero-order valence-electron chi connectivity index (χ0n) is 10.2. The Hall–Kier alpha value is -2.87. The number of nitriles is 1. The van der Waals surface area contributed by atoms with E-state index in [1.54, 1.807) is 43.3 Å². The van der Waals surface area contributed by atoms with Crippen LogP contribution in [0.3, 0.4) is 0 Å². The van der Waals surface area contributed by atoms with Crippen LogP contribution in [0.4, 0.5) is 11.5 Å². The van der Waals surface area contributed by atoms with Gasteiger partial charge in [0.15, 0.2) is 0 Å². The average Bonchev–Trinajstić information content (AvgIpc) is 2.41. The summed E-state index contributed by atoms with van der Waals surface area (Å²) in [6.07, 6.45) is 0. The summed E-state index contributed by atoms with van der Waals surface area (Å²) < 4.78 is 0. The van der Waals surface area contributed by atoms with Crippen molar-refractivity contribution in [3.63, 3.8) is 0 Å². The summed E-state index contributed by atoms with van der Waals surface area (Å²) in [6.45, 7) is 1.74. The fourth-order valence-corrected chi connectivity index (χ4v) is 1.64. The lowest BCUT2D eigenvalue weighted by Gasteiger charge is -2.08. The molecule has 0 atom stereocenters. The summed E-state index contributed by atoms with van der Waals surface area (Å²) in [5, 5.41) is 20.8. The van der Waals surface area contributed by atoms with Gasteiger partial charge in [0.05, 0.1) is 5.56 Å². The molecule has 0 amide bonds. The maximum absolute atomic E-state index is 11.0. The van der Waals surface area contributed by atoms with E-state index in [1.807, 2.05) is 6.07 Å². The normalized spacial score (nSPS) is 9.68. The number of hydrogen-bond acceptors (Lipinski definition) is 4. The minimum atomic E-state index is -0.972. The number of carboxylic acid groups (broad SMARTS) is 1. The molecule has 5 heteroatoms. The number of aromatic carboxylic acids is 1. The molecule has 5 nitrogen and oxygen atoms in total. The van der Waals surface area contributed by atoms with E-state index < -0.39 is 5.97 Å². The van der Waals surface area contributed by atoms with Gasteiger partial charge in [-0.1, -0.05) is 12.1 Å². The Morgan fingerprint density at radius 1 is 1.37 bits per heavy atom. The molecule has 0 aliphatic rings. The molecule has 1 aromatic carbocycles. The minimum absolute atomic E-state index is 0.237. The Morgan fingerprint density at radius 3 is 2.84 bits per heavy atom. The largest absolute Gasteiger partial charge is 0.478 e. The van der Waals surface area contributed by atoms with Gasteiger partial charge in [-0.15, -0.1) is 0 Å². The number of anilines is 2. The maximum Gasteiger partial charge on any atom is 0.336 e. The molecule has 1 aromatic heterocycles. The third kappa shape index (κ3) is 2.87. The first kappa shape index (κ1) is 12.6. The van der Waals surface area contributed by atoms with Gasteiger partial charge in [-0.05, 0) is 36.8 Å². The van der Waals surface area contributed by atoms with Gasteiger partial charge in [-0.2, -0.15) is 5.26 Å². The number of aromatic nitrogens is 1. The summed E-state index contributed by atoms with van der Waals surface area (Å²) >= 11 is 0. The highest BCUT2D eigenvalue weighted by Gasteiger charge is 2.08. The van der Waals surface area contributed by atoms with E-state index in [9.17, 15) is 4.79 Å². The first-order valence-electron chi connectivity index (χ1n) is 5.58. The van der Waals surface area contributed by atoms with Crippen molar-refractivity contribution >= 4 is 17.5 Å². The molecule has 0 saturated heterocycles. The zero-order valence-corrected chi connectivity index (χ0v) is 10.2. The Bertz CT molecular complexity index is 675. The summed E-state index contributed by atoms with van der Waals surface area (Å²) in [5.41, 5.74) is 1.85. The number of carboxylic acids is 1. The summed E-state index contributed by atoms with van der Waals surface area (Å²) in [5.74, 6) is -0.473. The number of rotatable bonds is 3. The predicted octanol–water partition coefficient (Wildman–Crippen LogP) is 2.70. The van der Waals surface area contributed by atoms with Crippen LogP contribution in [-0.4, -0.2) is 16.1 Å². The van der Waals surface area contributed by atoms with Crippen molar-refractivity contribution in [2.75, 3.05) is 5.32 Å². The topological polar surface area (TPSA) is 86.0 Å². The number of nitrogens with zero attached hydrogens (tertiary/aromatic N) is 2. The fraction of sp³-hybridized carbons (Fsp3) is 0.0714. The van der Waals surface area contributed by atoms with Gasteiger partial charge in [0.2, 0.25) is 0 Å². The Kier molecular flexibility index (Phi) is 3.44. The Morgan fingerprint density at radius 2 is 2.16 bits per heavy atom. The van der Waals surface area contributed by atoms with Crippen LogP contribution in [0.5, 0.6) is 0 Å². The van der Waals surface area contributed by atoms with E-state index in [0.29, 0.717) is 22.8 Å². The summed E-state index contributed by atoms with van der Waals surface area (Å²) in [6, 6.07) is 12.0. The molecule has 94 valence electrons. The van der Waals surface area contributed by atoms with Gasteiger partial charge in [-0.3, -0.25) is 0 Å². The van der Waals surface area contributed by atoms with Gasteiger partial charge in [-0.25, -0.2) is 9.78 Å². The van der Waals surface area contributed by atoms with Crippen molar-refractivity contribution in [1.82, 2.24) is 4.98 Å². The number of pyridine rings is 1. The first-order chi connectivity index (χ1) is 9.10. The van der Waals surface area contributed by atoms with E-state index in [-0.39, 0.29) is 5.56 Å². The number of nitrogens with one attached hydrogen (secondary N) is 1. The van der Waals surface area contributed by atoms with Crippen LogP contribution >= 0.6 is 0 Å². The molecule has 0 aliphatic carbocycles. The lowest BCUT2D eigenvalue weighted by molar-refractivity contribution is 0.0696. The van der Waals surface area contributed by atoms with Gasteiger partial charge in [0, 0.05) is 5.69 Å². The molecule has 1 heterocycles. The SMILES string of the molecule is Cc1ccc(Nc2cccc(C#N)n2)cc1C(=O)O. The summed E-state index contributed by atoms with van der Waals surface area (Å²) in [4.78, 5) is 15.1.